The molecule has 80 valence electrons. The second-order valence-electron chi connectivity index (χ2n) is 3.09. The van der Waals surface area contributed by atoms with Crippen LogP contribution < -0.4 is 0 Å². The number of benzene rings is 1. The van der Waals surface area contributed by atoms with Crippen LogP contribution in [0.5, 0.6) is 0 Å². The van der Waals surface area contributed by atoms with Gasteiger partial charge in [0.05, 0.1) is 6.61 Å². The van der Waals surface area contributed by atoms with Crippen LogP contribution in [0.25, 0.3) is 11.1 Å². The molecule has 1 aromatic carbocycles. The topological polar surface area (TPSA) is 35.3 Å². The van der Waals surface area contributed by atoms with Gasteiger partial charge in [0.1, 0.15) is 11.3 Å². The van der Waals surface area contributed by atoms with Crippen LogP contribution in [0.2, 0.25) is 0 Å². The van der Waals surface area contributed by atoms with Gasteiger partial charge in [-0.1, -0.05) is 0 Å². The number of methoxy groups -OCH3 is 1. The SMILES string of the molecule is COCCc1nc2cc(F)cc(F)c2o1. The third kappa shape index (κ3) is 1.97. The molecule has 0 aliphatic heterocycles. The normalized spacial score (nSPS) is 11.1. The molecule has 5 heteroatoms. The lowest BCUT2D eigenvalue weighted by Crippen LogP contribution is -1.93. The lowest BCUT2D eigenvalue weighted by molar-refractivity contribution is 0.195. The molecule has 2 rings (SSSR count). The molecule has 1 heterocycles. The molecule has 0 atom stereocenters. The van der Waals surface area contributed by atoms with E-state index in [1.54, 1.807) is 7.11 Å². The molecule has 0 N–H and O–H groups in total. The molecule has 0 saturated heterocycles. The lowest BCUT2D eigenvalue weighted by atomic mass is 10.3. The molecule has 2 aromatic rings. The second kappa shape index (κ2) is 3.94. The Morgan fingerprint density at radius 3 is 2.93 bits per heavy atom. The molecule has 0 fully saturated rings. The zero-order valence-corrected chi connectivity index (χ0v) is 8.09. The number of halogens is 2. The summed E-state index contributed by atoms with van der Waals surface area (Å²) in [5.74, 6) is -1.05. The highest BCUT2D eigenvalue weighted by molar-refractivity contribution is 5.73. The van der Waals surface area contributed by atoms with Crippen LogP contribution >= 0.6 is 0 Å². The van der Waals surface area contributed by atoms with Crippen molar-refractivity contribution in [2.45, 2.75) is 6.42 Å². The van der Waals surface area contributed by atoms with Crippen LogP contribution in [0.1, 0.15) is 5.89 Å². The van der Waals surface area contributed by atoms with Crippen molar-refractivity contribution in [3.63, 3.8) is 0 Å². The summed E-state index contributed by atoms with van der Waals surface area (Å²) in [7, 11) is 1.54. The van der Waals surface area contributed by atoms with E-state index in [2.05, 4.69) is 4.98 Å². The van der Waals surface area contributed by atoms with Gasteiger partial charge >= 0.3 is 0 Å². The summed E-state index contributed by atoms with van der Waals surface area (Å²) in [4.78, 5) is 3.95. The summed E-state index contributed by atoms with van der Waals surface area (Å²) in [6.45, 7) is 0.428. The van der Waals surface area contributed by atoms with Gasteiger partial charge in [-0.25, -0.2) is 13.8 Å². The first-order chi connectivity index (χ1) is 7.20. The van der Waals surface area contributed by atoms with Gasteiger partial charge in [0.25, 0.3) is 0 Å². The average molecular weight is 213 g/mol. The first kappa shape index (κ1) is 10.0. The predicted molar refractivity (Wildman–Crippen MR) is 49.5 cm³/mol. The predicted octanol–water partition coefficient (Wildman–Crippen LogP) is 2.29. The van der Waals surface area contributed by atoms with E-state index in [0.717, 1.165) is 12.1 Å². The van der Waals surface area contributed by atoms with Crippen molar-refractivity contribution >= 4 is 11.1 Å². The van der Waals surface area contributed by atoms with Gasteiger partial charge in [0, 0.05) is 25.7 Å². The van der Waals surface area contributed by atoms with E-state index in [-0.39, 0.29) is 11.1 Å². The minimum Gasteiger partial charge on any atom is -0.437 e. The van der Waals surface area contributed by atoms with E-state index in [0.29, 0.717) is 18.9 Å². The van der Waals surface area contributed by atoms with Gasteiger partial charge in [-0.05, 0) is 0 Å². The number of oxazole rings is 1. The van der Waals surface area contributed by atoms with Crippen molar-refractivity contribution in [2.75, 3.05) is 13.7 Å². The van der Waals surface area contributed by atoms with E-state index in [1.165, 1.54) is 0 Å². The smallest absolute Gasteiger partial charge is 0.197 e. The van der Waals surface area contributed by atoms with E-state index >= 15 is 0 Å². The molecule has 0 aliphatic rings. The fourth-order valence-electron chi connectivity index (χ4n) is 1.30. The van der Waals surface area contributed by atoms with Gasteiger partial charge in [0.15, 0.2) is 17.3 Å². The Balaban J connectivity index is 2.41. The number of hydrogen-bond donors (Lipinski definition) is 0. The van der Waals surface area contributed by atoms with Gasteiger partial charge in [-0.3, -0.25) is 0 Å². The van der Waals surface area contributed by atoms with E-state index < -0.39 is 11.6 Å². The van der Waals surface area contributed by atoms with Gasteiger partial charge in [-0.2, -0.15) is 0 Å². The van der Waals surface area contributed by atoms with Crippen molar-refractivity contribution in [1.82, 2.24) is 4.98 Å². The summed E-state index contributed by atoms with van der Waals surface area (Å²) < 4.78 is 35.9. The maximum atomic E-state index is 13.2. The van der Waals surface area contributed by atoms with Crippen molar-refractivity contribution in [3.05, 3.63) is 29.7 Å². The first-order valence-corrected chi connectivity index (χ1v) is 4.44. The van der Waals surface area contributed by atoms with Crippen molar-refractivity contribution < 1.29 is 17.9 Å². The Kier molecular flexibility index (Phi) is 2.64. The largest absolute Gasteiger partial charge is 0.437 e. The molecule has 3 nitrogen and oxygen atoms in total. The molecule has 0 spiro atoms. The number of rotatable bonds is 3. The van der Waals surface area contributed by atoms with Crippen molar-refractivity contribution in [3.8, 4) is 0 Å². The Labute approximate surface area is 84.7 Å². The van der Waals surface area contributed by atoms with Crippen LogP contribution in [0.15, 0.2) is 16.5 Å². The van der Waals surface area contributed by atoms with E-state index in [9.17, 15) is 8.78 Å². The molecule has 0 aliphatic carbocycles. The maximum Gasteiger partial charge on any atom is 0.197 e. The highest BCUT2D eigenvalue weighted by Crippen LogP contribution is 2.20. The van der Waals surface area contributed by atoms with Gasteiger partial charge in [-0.15, -0.1) is 0 Å². The molecule has 1 aromatic heterocycles. The third-order valence-corrected chi connectivity index (χ3v) is 1.97. The van der Waals surface area contributed by atoms with Crippen LogP contribution in [0.4, 0.5) is 8.78 Å². The first-order valence-electron chi connectivity index (χ1n) is 4.44. The minimum atomic E-state index is -0.735. The Bertz CT molecular complexity index is 481. The lowest BCUT2D eigenvalue weighted by Gasteiger charge is -1.91. The molecule has 0 unspecified atom stereocenters. The van der Waals surface area contributed by atoms with Crippen LogP contribution in [-0.4, -0.2) is 18.7 Å². The molecule has 15 heavy (non-hydrogen) atoms. The highest BCUT2D eigenvalue weighted by atomic mass is 19.1. The number of ether oxygens (including phenoxy) is 1. The average Bonchev–Trinajstić information content (AvgIpc) is 2.57. The Morgan fingerprint density at radius 2 is 2.20 bits per heavy atom. The second-order valence-corrected chi connectivity index (χ2v) is 3.09. The molecular weight excluding hydrogens is 204 g/mol. The van der Waals surface area contributed by atoms with E-state index in [4.69, 9.17) is 9.15 Å². The van der Waals surface area contributed by atoms with Gasteiger partial charge in [0.2, 0.25) is 0 Å². The summed E-state index contributed by atoms with van der Waals surface area (Å²) >= 11 is 0. The molecule has 0 amide bonds. The zero-order chi connectivity index (χ0) is 10.8. The number of aromatic nitrogens is 1. The molecule has 0 bridgehead atoms. The maximum absolute atomic E-state index is 13.2. The number of nitrogens with zero attached hydrogens (tertiary/aromatic N) is 1. The summed E-state index contributed by atoms with van der Waals surface area (Å²) in [6, 6.07) is 1.91. The summed E-state index contributed by atoms with van der Waals surface area (Å²) in [5, 5.41) is 0. The van der Waals surface area contributed by atoms with Crippen molar-refractivity contribution in [2.24, 2.45) is 0 Å². The fraction of sp³-hybridized carbons (Fsp3) is 0.300. The zero-order valence-electron chi connectivity index (χ0n) is 8.09. The van der Waals surface area contributed by atoms with E-state index in [1.807, 2.05) is 0 Å². The summed E-state index contributed by atoms with van der Waals surface area (Å²) in [6.07, 6.45) is 0.437. The standard InChI is InChI=1S/C10H9F2NO2/c1-14-3-2-9-13-8-5-6(11)4-7(12)10(8)15-9/h4-5H,2-3H2,1H3. The number of hydrogen-bond acceptors (Lipinski definition) is 3. The van der Waals surface area contributed by atoms with Crippen molar-refractivity contribution in [1.29, 1.82) is 0 Å². The van der Waals surface area contributed by atoms with Gasteiger partial charge < -0.3 is 9.15 Å². The quantitative estimate of drug-likeness (QED) is 0.784. The van der Waals surface area contributed by atoms with Crippen LogP contribution in [0.3, 0.4) is 0 Å². The monoisotopic (exact) mass is 213 g/mol. The molecule has 0 radical (unpaired) electrons. The van der Waals surface area contributed by atoms with Crippen LogP contribution in [-0.2, 0) is 11.2 Å². The Hall–Kier alpha value is -1.49. The minimum absolute atomic E-state index is 0.0116. The Morgan fingerprint density at radius 1 is 1.40 bits per heavy atom. The highest BCUT2D eigenvalue weighted by Gasteiger charge is 2.11. The third-order valence-electron chi connectivity index (χ3n) is 1.97. The van der Waals surface area contributed by atoms with Crippen LogP contribution in [0, 0.1) is 11.6 Å². The fourth-order valence-corrected chi connectivity index (χ4v) is 1.30. The molecule has 0 saturated carbocycles. The number of fused-ring (bicyclic) bond motifs is 1. The summed E-state index contributed by atoms with van der Waals surface area (Å²) in [5.41, 5.74) is 0.182. The molecular formula is C10H9F2NO2.